The number of hydrogen-bond acceptors (Lipinski definition) is 2. The molecule has 1 fully saturated rings. The van der Waals surface area contributed by atoms with E-state index in [9.17, 15) is 9.59 Å². The molecule has 1 unspecified atom stereocenters. The molecule has 1 N–H and O–H groups in total. The fraction of sp³-hybridized carbons (Fsp3) is 0.419. The van der Waals surface area contributed by atoms with Gasteiger partial charge in [0.15, 0.2) is 0 Å². The largest absolute Gasteiger partial charge is 0.351 e. The summed E-state index contributed by atoms with van der Waals surface area (Å²) in [5, 5.41) is 3.38. The quantitative estimate of drug-likeness (QED) is 0.479. The van der Waals surface area contributed by atoms with E-state index in [2.05, 4.69) is 29.6 Å². The Morgan fingerprint density at radius 2 is 1.47 bits per heavy atom. The molecule has 3 aromatic rings. The van der Waals surface area contributed by atoms with Crippen molar-refractivity contribution in [3.05, 3.63) is 84.1 Å². The molecule has 1 aromatic heterocycles. The number of carbonyl (C=O) groups excluding carboxylic acids is 2. The van der Waals surface area contributed by atoms with Gasteiger partial charge in [-0.3, -0.25) is 9.59 Å². The molecular formula is C31H37N3O2. The van der Waals surface area contributed by atoms with Crippen molar-refractivity contribution in [2.24, 2.45) is 0 Å². The molecule has 0 radical (unpaired) electrons. The van der Waals surface area contributed by atoms with Crippen molar-refractivity contribution in [2.45, 2.75) is 76.4 Å². The number of nitrogens with one attached hydrogen (secondary N) is 1. The first kappa shape index (κ1) is 24.4. The lowest BCUT2D eigenvalue weighted by Crippen LogP contribution is -2.65. The van der Waals surface area contributed by atoms with Crippen LogP contribution in [0.25, 0.3) is 11.3 Å². The van der Waals surface area contributed by atoms with Crippen molar-refractivity contribution in [1.29, 1.82) is 0 Å². The van der Waals surface area contributed by atoms with Gasteiger partial charge in [0, 0.05) is 18.3 Å². The van der Waals surface area contributed by atoms with E-state index in [1.54, 1.807) is 0 Å². The van der Waals surface area contributed by atoms with Crippen molar-refractivity contribution in [3.8, 4) is 11.3 Å². The number of nitrogens with zero attached hydrogens (tertiary/aromatic N) is 2. The van der Waals surface area contributed by atoms with Crippen LogP contribution in [0.1, 0.15) is 67.9 Å². The van der Waals surface area contributed by atoms with Gasteiger partial charge in [0.25, 0.3) is 5.91 Å². The van der Waals surface area contributed by atoms with Crippen molar-refractivity contribution >= 4 is 11.8 Å². The summed E-state index contributed by atoms with van der Waals surface area (Å²) in [4.78, 5) is 29.8. The monoisotopic (exact) mass is 483 g/mol. The van der Waals surface area contributed by atoms with Gasteiger partial charge in [-0.15, -0.1) is 0 Å². The Bertz CT molecular complexity index is 1180. The third-order valence-electron chi connectivity index (χ3n) is 7.97. The molecule has 2 aromatic carbocycles. The second-order valence-electron chi connectivity index (χ2n) is 10.5. The van der Waals surface area contributed by atoms with Crippen LogP contribution < -0.4 is 5.32 Å². The fourth-order valence-corrected chi connectivity index (χ4v) is 5.81. The minimum Gasteiger partial charge on any atom is -0.351 e. The summed E-state index contributed by atoms with van der Waals surface area (Å²) >= 11 is 0. The predicted octanol–water partition coefficient (Wildman–Crippen LogP) is 5.84. The molecule has 0 spiro atoms. The average Bonchev–Trinajstić information content (AvgIpc) is 3.30. The van der Waals surface area contributed by atoms with Crippen LogP contribution in [0, 0.1) is 0 Å². The van der Waals surface area contributed by atoms with Gasteiger partial charge in [0.2, 0.25) is 5.91 Å². The molecule has 2 aliphatic rings. The second kappa shape index (κ2) is 10.7. The van der Waals surface area contributed by atoms with E-state index < -0.39 is 5.54 Å². The first-order valence-corrected chi connectivity index (χ1v) is 13.5. The van der Waals surface area contributed by atoms with Gasteiger partial charge in [-0.25, -0.2) is 0 Å². The highest BCUT2D eigenvalue weighted by atomic mass is 16.2. The van der Waals surface area contributed by atoms with Crippen molar-refractivity contribution in [1.82, 2.24) is 14.8 Å². The molecule has 0 bridgehead atoms. The molecule has 2 amide bonds. The summed E-state index contributed by atoms with van der Waals surface area (Å²) in [6, 6.07) is 24.4. The molecule has 1 saturated carbocycles. The number of carbonyl (C=O) groups is 2. The van der Waals surface area contributed by atoms with Gasteiger partial charge in [-0.05, 0) is 49.4 Å². The lowest BCUT2D eigenvalue weighted by molar-refractivity contribution is -0.133. The third-order valence-corrected chi connectivity index (χ3v) is 7.97. The van der Waals surface area contributed by atoms with Crippen LogP contribution in [0.3, 0.4) is 0 Å². The van der Waals surface area contributed by atoms with Crippen LogP contribution in [0.5, 0.6) is 0 Å². The van der Waals surface area contributed by atoms with Gasteiger partial charge < -0.3 is 14.8 Å². The maximum absolute atomic E-state index is 14.0. The van der Waals surface area contributed by atoms with Crippen LogP contribution in [0.15, 0.2) is 72.8 Å². The summed E-state index contributed by atoms with van der Waals surface area (Å²) in [7, 11) is 0. The van der Waals surface area contributed by atoms with E-state index in [4.69, 9.17) is 0 Å². The van der Waals surface area contributed by atoms with E-state index >= 15 is 0 Å². The summed E-state index contributed by atoms with van der Waals surface area (Å²) in [5.74, 6) is -0.109. The number of rotatable bonds is 6. The van der Waals surface area contributed by atoms with Crippen LogP contribution in [0.2, 0.25) is 0 Å². The maximum atomic E-state index is 14.0. The van der Waals surface area contributed by atoms with Crippen LogP contribution >= 0.6 is 0 Å². The molecule has 5 rings (SSSR count). The van der Waals surface area contributed by atoms with Gasteiger partial charge in [-0.1, -0.05) is 92.8 Å². The van der Waals surface area contributed by atoms with Gasteiger partial charge in [0.1, 0.15) is 11.2 Å². The molecule has 5 nitrogen and oxygen atoms in total. The second-order valence-corrected chi connectivity index (χ2v) is 10.5. The number of aromatic nitrogens is 1. The number of fused-ring (bicyclic) bond motifs is 1. The Morgan fingerprint density at radius 1 is 0.861 bits per heavy atom. The minimum absolute atomic E-state index is 0.0344. The molecule has 36 heavy (non-hydrogen) atoms. The highest BCUT2D eigenvalue weighted by Crippen LogP contribution is 2.33. The van der Waals surface area contributed by atoms with Gasteiger partial charge >= 0.3 is 0 Å². The highest BCUT2D eigenvalue weighted by molar-refractivity contribution is 6.00. The standard InChI is InChI=1S/C31H37N3O2/c1-31(30(36)32-26-17-11-3-2-4-12-18-26)23-33-27(25-15-9-6-10-16-25)19-20-28(33)29(35)34(31)22-21-24-13-7-5-8-14-24/h5-10,13-16,19-20,26H,2-4,11-12,17-18,21-23H2,1H3,(H,32,36). The van der Waals surface area contributed by atoms with Crippen LogP contribution in [-0.2, 0) is 17.8 Å². The van der Waals surface area contributed by atoms with Gasteiger partial charge in [0.05, 0.1) is 6.54 Å². The Labute approximate surface area is 214 Å². The van der Waals surface area contributed by atoms with E-state index in [0.717, 1.165) is 36.9 Å². The van der Waals surface area contributed by atoms with E-state index in [0.29, 0.717) is 25.2 Å². The smallest absolute Gasteiger partial charge is 0.271 e. The normalized spacial score (nSPS) is 20.9. The lowest BCUT2D eigenvalue weighted by Gasteiger charge is -2.45. The number of hydrogen-bond donors (Lipinski definition) is 1. The molecule has 0 saturated heterocycles. The predicted molar refractivity (Wildman–Crippen MR) is 144 cm³/mol. The van der Waals surface area contributed by atoms with Crippen molar-refractivity contribution in [2.75, 3.05) is 6.54 Å². The molecule has 2 heterocycles. The minimum atomic E-state index is -0.968. The molecule has 1 aliphatic heterocycles. The first-order chi connectivity index (χ1) is 17.6. The lowest BCUT2D eigenvalue weighted by atomic mass is 9.91. The van der Waals surface area contributed by atoms with Crippen molar-refractivity contribution in [3.63, 3.8) is 0 Å². The SMILES string of the molecule is CC1(C(=O)NC2CCCCCCC2)Cn2c(ccc2-c2ccccc2)C(=O)N1CCc1ccccc1. The summed E-state index contributed by atoms with van der Waals surface area (Å²) in [5.41, 5.74) is 2.88. The fourth-order valence-electron chi connectivity index (χ4n) is 5.81. The van der Waals surface area contributed by atoms with Gasteiger partial charge in [-0.2, -0.15) is 0 Å². The molecule has 1 aliphatic carbocycles. The number of amides is 2. The Kier molecular flexibility index (Phi) is 7.26. The van der Waals surface area contributed by atoms with Crippen molar-refractivity contribution < 1.29 is 9.59 Å². The summed E-state index contributed by atoms with van der Waals surface area (Å²) in [6.07, 6.45) is 8.81. The molecule has 188 valence electrons. The molecule has 1 atom stereocenters. The average molecular weight is 484 g/mol. The Morgan fingerprint density at radius 3 is 2.17 bits per heavy atom. The zero-order chi connectivity index (χ0) is 25.0. The molecule has 5 heteroatoms. The Hall–Kier alpha value is -3.34. The Balaban J connectivity index is 1.46. The number of benzene rings is 2. The summed E-state index contributed by atoms with van der Waals surface area (Å²) < 4.78 is 2.05. The first-order valence-electron chi connectivity index (χ1n) is 13.5. The zero-order valence-electron chi connectivity index (χ0n) is 21.3. The van der Waals surface area contributed by atoms with E-state index in [-0.39, 0.29) is 17.9 Å². The maximum Gasteiger partial charge on any atom is 0.271 e. The molecular weight excluding hydrogens is 446 g/mol. The topological polar surface area (TPSA) is 54.3 Å². The summed E-state index contributed by atoms with van der Waals surface area (Å²) in [6.45, 7) is 2.90. The highest BCUT2D eigenvalue weighted by Gasteiger charge is 2.48. The zero-order valence-corrected chi connectivity index (χ0v) is 21.3. The third kappa shape index (κ3) is 4.97. The van der Waals surface area contributed by atoms with E-state index in [1.807, 2.05) is 64.9 Å². The van der Waals surface area contributed by atoms with E-state index in [1.165, 1.54) is 24.8 Å². The van der Waals surface area contributed by atoms with Crippen LogP contribution in [-0.4, -0.2) is 39.4 Å². The van der Waals surface area contributed by atoms with Crippen LogP contribution in [0.4, 0.5) is 0 Å².